The molecule has 1 aromatic rings. The standard InChI is InChI=1S/C15H16O3/c1-2-18-15(17)13-9-8-12(14(13)16)10-11-6-4-3-5-7-11/h3-7,10,13H,2,8-9H2,1H3/b12-10+/t13-/m1/s1. The minimum absolute atomic E-state index is 0.0858. The van der Waals surface area contributed by atoms with Crippen molar-refractivity contribution in [2.45, 2.75) is 19.8 Å². The largest absolute Gasteiger partial charge is 0.465 e. The first-order chi connectivity index (χ1) is 8.72. The zero-order valence-corrected chi connectivity index (χ0v) is 10.4. The van der Waals surface area contributed by atoms with Crippen LogP contribution in [0, 0.1) is 5.92 Å². The van der Waals surface area contributed by atoms with Crippen molar-refractivity contribution in [1.29, 1.82) is 0 Å². The van der Waals surface area contributed by atoms with Crippen molar-refractivity contribution in [3.8, 4) is 0 Å². The smallest absolute Gasteiger partial charge is 0.316 e. The van der Waals surface area contributed by atoms with Gasteiger partial charge in [0.1, 0.15) is 5.92 Å². The highest BCUT2D eigenvalue weighted by Gasteiger charge is 2.35. The molecule has 0 aromatic heterocycles. The highest BCUT2D eigenvalue weighted by molar-refractivity contribution is 6.12. The van der Waals surface area contributed by atoms with Crippen LogP contribution in [0.15, 0.2) is 35.9 Å². The molecule has 0 N–H and O–H groups in total. The number of hydrogen-bond acceptors (Lipinski definition) is 3. The van der Waals surface area contributed by atoms with Crippen molar-refractivity contribution >= 4 is 17.8 Å². The second-order valence-corrected chi connectivity index (χ2v) is 4.29. The topological polar surface area (TPSA) is 43.4 Å². The SMILES string of the molecule is CCOC(=O)[C@@H]1CC/C(=C\c2ccccc2)C1=O. The van der Waals surface area contributed by atoms with Gasteiger partial charge in [-0.05, 0) is 37.0 Å². The van der Waals surface area contributed by atoms with Crippen molar-refractivity contribution in [3.63, 3.8) is 0 Å². The Labute approximate surface area is 106 Å². The highest BCUT2D eigenvalue weighted by Crippen LogP contribution is 2.29. The number of ether oxygens (including phenoxy) is 1. The van der Waals surface area contributed by atoms with Crippen LogP contribution < -0.4 is 0 Å². The van der Waals surface area contributed by atoms with E-state index in [1.807, 2.05) is 36.4 Å². The Morgan fingerprint density at radius 3 is 2.78 bits per heavy atom. The maximum Gasteiger partial charge on any atom is 0.316 e. The predicted octanol–water partition coefficient (Wildman–Crippen LogP) is 2.61. The molecule has 0 heterocycles. The van der Waals surface area contributed by atoms with Crippen LogP contribution in [0.2, 0.25) is 0 Å². The number of rotatable bonds is 3. The minimum atomic E-state index is -0.597. The van der Waals surface area contributed by atoms with E-state index in [1.165, 1.54) is 0 Å². The maximum absolute atomic E-state index is 12.1. The fourth-order valence-electron chi connectivity index (χ4n) is 2.14. The van der Waals surface area contributed by atoms with E-state index in [-0.39, 0.29) is 11.8 Å². The average Bonchev–Trinajstić information content (AvgIpc) is 2.73. The Bertz CT molecular complexity index is 474. The Balaban J connectivity index is 2.12. The number of ketones is 1. The summed E-state index contributed by atoms with van der Waals surface area (Å²) in [4.78, 5) is 23.6. The molecule has 0 aliphatic heterocycles. The zero-order chi connectivity index (χ0) is 13.0. The molecule has 3 heteroatoms. The number of hydrogen-bond donors (Lipinski definition) is 0. The van der Waals surface area contributed by atoms with E-state index in [4.69, 9.17) is 4.74 Å². The van der Waals surface area contributed by atoms with E-state index < -0.39 is 5.92 Å². The van der Waals surface area contributed by atoms with Crippen molar-refractivity contribution < 1.29 is 14.3 Å². The van der Waals surface area contributed by atoms with E-state index in [2.05, 4.69) is 0 Å². The van der Waals surface area contributed by atoms with Gasteiger partial charge < -0.3 is 4.74 Å². The van der Waals surface area contributed by atoms with E-state index >= 15 is 0 Å². The summed E-state index contributed by atoms with van der Waals surface area (Å²) >= 11 is 0. The molecule has 1 saturated carbocycles. The number of carbonyl (C=O) groups excluding carboxylic acids is 2. The van der Waals surface area contributed by atoms with Crippen molar-refractivity contribution in [2.75, 3.05) is 6.61 Å². The maximum atomic E-state index is 12.1. The molecule has 94 valence electrons. The summed E-state index contributed by atoms with van der Waals surface area (Å²) in [6, 6.07) is 9.67. The molecule has 0 amide bonds. The lowest BCUT2D eigenvalue weighted by Gasteiger charge is -2.05. The Morgan fingerprint density at radius 1 is 1.39 bits per heavy atom. The van der Waals surface area contributed by atoms with Gasteiger partial charge in [-0.1, -0.05) is 30.3 Å². The molecule has 3 nitrogen and oxygen atoms in total. The Kier molecular flexibility index (Phi) is 3.92. The van der Waals surface area contributed by atoms with E-state index in [1.54, 1.807) is 6.92 Å². The van der Waals surface area contributed by atoms with Crippen LogP contribution in [-0.4, -0.2) is 18.4 Å². The molecule has 1 atom stereocenters. The lowest BCUT2D eigenvalue weighted by Crippen LogP contribution is -2.21. The number of allylic oxidation sites excluding steroid dienone is 1. The molecule has 1 fully saturated rings. The van der Waals surface area contributed by atoms with Gasteiger partial charge in [0.05, 0.1) is 6.61 Å². The second-order valence-electron chi connectivity index (χ2n) is 4.29. The van der Waals surface area contributed by atoms with Gasteiger partial charge in [-0.3, -0.25) is 9.59 Å². The summed E-state index contributed by atoms with van der Waals surface area (Å²) in [5.74, 6) is -1.07. The van der Waals surface area contributed by atoms with Gasteiger partial charge in [-0.25, -0.2) is 0 Å². The Morgan fingerprint density at radius 2 is 2.11 bits per heavy atom. The van der Waals surface area contributed by atoms with Crippen LogP contribution in [0.5, 0.6) is 0 Å². The summed E-state index contributed by atoms with van der Waals surface area (Å²) in [6.45, 7) is 2.07. The minimum Gasteiger partial charge on any atom is -0.465 e. The van der Waals surface area contributed by atoms with Gasteiger partial charge in [0.25, 0.3) is 0 Å². The first-order valence-electron chi connectivity index (χ1n) is 6.19. The van der Waals surface area contributed by atoms with Crippen molar-refractivity contribution in [3.05, 3.63) is 41.5 Å². The van der Waals surface area contributed by atoms with Crippen LogP contribution in [0.4, 0.5) is 0 Å². The van der Waals surface area contributed by atoms with Crippen molar-refractivity contribution in [1.82, 2.24) is 0 Å². The van der Waals surface area contributed by atoms with Crippen LogP contribution in [0.1, 0.15) is 25.3 Å². The molecule has 0 spiro atoms. The van der Waals surface area contributed by atoms with Gasteiger partial charge >= 0.3 is 5.97 Å². The van der Waals surface area contributed by atoms with Gasteiger partial charge in [0.2, 0.25) is 0 Å². The van der Waals surface area contributed by atoms with E-state index in [9.17, 15) is 9.59 Å². The Hall–Kier alpha value is -1.90. The third-order valence-electron chi connectivity index (χ3n) is 3.05. The number of Topliss-reactive ketones (excluding diaryl/α,β-unsaturated/α-hetero) is 1. The number of esters is 1. The molecular weight excluding hydrogens is 228 g/mol. The summed E-state index contributed by atoms with van der Waals surface area (Å²) in [6.07, 6.45) is 3.08. The molecule has 18 heavy (non-hydrogen) atoms. The molecular formula is C15H16O3. The third-order valence-corrected chi connectivity index (χ3v) is 3.05. The number of benzene rings is 1. The lowest BCUT2D eigenvalue weighted by atomic mass is 10.1. The van der Waals surface area contributed by atoms with Crippen LogP contribution >= 0.6 is 0 Å². The quantitative estimate of drug-likeness (QED) is 0.466. The summed E-state index contributed by atoms with van der Waals surface area (Å²) in [5, 5.41) is 0. The normalized spacial score (nSPS) is 21.3. The van der Waals surface area contributed by atoms with Crippen LogP contribution in [-0.2, 0) is 14.3 Å². The van der Waals surface area contributed by atoms with Crippen LogP contribution in [0.3, 0.4) is 0 Å². The zero-order valence-electron chi connectivity index (χ0n) is 10.4. The summed E-state index contributed by atoms with van der Waals surface area (Å²) in [5.41, 5.74) is 1.71. The fourth-order valence-corrected chi connectivity index (χ4v) is 2.14. The van der Waals surface area contributed by atoms with Gasteiger partial charge in [-0.15, -0.1) is 0 Å². The molecule has 2 rings (SSSR count). The second kappa shape index (κ2) is 5.63. The number of carbonyl (C=O) groups is 2. The lowest BCUT2D eigenvalue weighted by molar-refractivity contribution is -0.150. The fraction of sp³-hybridized carbons (Fsp3) is 0.333. The summed E-state index contributed by atoms with van der Waals surface area (Å²) < 4.78 is 4.91. The highest BCUT2D eigenvalue weighted by atomic mass is 16.5. The van der Waals surface area contributed by atoms with Crippen molar-refractivity contribution in [2.24, 2.45) is 5.92 Å². The average molecular weight is 244 g/mol. The molecule has 1 aliphatic rings. The van der Waals surface area contributed by atoms with Gasteiger partial charge in [-0.2, -0.15) is 0 Å². The molecule has 0 bridgehead atoms. The molecule has 1 aliphatic carbocycles. The van der Waals surface area contributed by atoms with Gasteiger partial charge in [0, 0.05) is 0 Å². The predicted molar refractivity (Wildman–Crippen MR) is 68.8 cm³/mol. The monoisotopic (exact) mass is 244 g/mol. The summed E-state index contributed by atoms with van der Waals surface area (Å²) in [7, 11) is 0. The van der Waals surface area contributed by atoms with Crippen LogP contribution in [0.25, 0.3) is 6.08 Å². The third kappa shape index (κ3) is 2.67. The van der Waals surface area contributed by atoms with Gasteiger partial charge in [0.15, 0.2) is 5.78 Å². The molecule has 0 unspecified atom stereocenters. The molecule has 0 saturated heterocycles. The van der Waals surface area contributed by atoms with E-state index in [0.717, 1.165) is 11.1 Å². The first-order valence-corrected chi connectivity index (χ1v) is 6.19. The first kappa shape index (κ1) is 12.6. The molecule has 1 aromatic carbocycles. The van der Waals surface area contributed by atoms with E-state index in [0.29, 0.717) is 19.4 Å². The molecule has 0 radical (unpaired) electrons.